The van der Waals surface area contributed by atoms with Crippen molar-refractivity contribution in [1.29, 1.82) is 0 Å². The molecule has 0 saturated heterocycles. The summed E-state index contributed by atoms with van der Waals surface area (Å²) in [7, 11) is 0. The SMILES string of the molecule is CC(O)c1ccc(C2(CNC(=O)CC3CCCCC3)CCCC2)s1. The zero-order valence-corrected chi connectivity index (χ0v) is 15.7. The van der Waals surface area contributed by atoms with Crippen molar-refractivity contribution in [1.82, 2.24) is 5.32 Å². The van der Waals surface area contributed by atoms with Gasteiger partial charge in [-0.1, -0.05) is 32.1 Å². The zero-order chi connectivity index (χ0) is 17.0. The van der Waals surface area contributed by atoms with Gasteiger partial charge in [0.1, 0.15) is 0 Å². The molecule has 0 spiro atoms. The van der Waals surface area contributed by atoms with Crippen molar-refractivity contribution in [3.8, 4) is 0 Å². The first-order chi connectivity index (χ1) is 11.6. The summed E-state index contributed by atoms with van der Waals surface area (Å²) in [4.78, 5) is 14.8. The van der Waals surface area contributed by atoms with Gasteiger partial charge in [-0.2, -0.15) is 0 Å². The van der Waals surface area contributed by atoms with Gasteiger partial charge in [0.25, 0.3) is 0 Å². The van der Waals surface area contributed by atoms with Crippen molar-refractivity contribution < 1.29 is 9.90 Å². The predicted molar refractivity (Wildman–Crippen MR) is 99.3 cm³/mol. The molecule has 1 unspecified atom stereocenters. The summed E-state index contributed by atoms with van der Waals surface area (Å²) in [5.41, 5.74) is 0.0973. The zero-order valence-electron chi connectivity index (χ0n) is 14.9. The van der Waals surface area contributed by atoms with Gasteiger partial charge in [-0.25, -0.2) is 0 Å². The number of carbonyl (C=O) groups excluding carboxylic acids is 1. The minimum absolute atomic E-state index is 0.0973. The molecule has 1 amide bonds. The van der Waals surface area contributed by atoms with Crippen LogP contribution in [0.4, 0.5) is 0 Å². The summed E-state index contributed by atoms with van der Waals surface area (Å²) < 4.78 is 0. The normalized spacial score (nSPS) is 22.4. The number of thiophene rings is 1. The Morgan fingerprint density at radius 2 is 1.96 bits per heavy atom. The van der Waals surface area contributed by atoms with E-state index in [1.165, 1.54) is 49.8 Å². The molecule has 2 fully saturated rings. The number of amides is 1. The monoisotopic (exact) mass is 349 g/mol. The molecule has 0 radical (unpaired) electrons. The highest BCUT2D eigenvalue weighted by molar-refractivity contribution is 7.12. The lowest BCUT2D eigenvalue weighted by Gasteiger charge is -2.29. The maximum absolute atomic E-state index is 12.4. The van der Waals surface area contributed by atoms with Crippen LogP contribution in [0.3, 0.4) is 0 Å². The number of hydrogen-bond donors (Lipinski definition) is 2. The Labute approximate surface area is 149 Å². The molecule has 1 aromatic heterocycles. The second-order valence-electron chi connectivity index (χ2n) is 7.85. The number of rotatable bonds is 6. The third-order valence-electron chi connectivity index (χ3n) is 5.94. The van der Waals surface area contributed by atoms with E-state index < -0.39 is 6.10 Å². The molecule has 4 heteroatoms. The first kappa shape index (κ1) is 17.9. The van der Waals surface area contributed by atoms with Crippen molar-refractivity contribution in [2.75, 3.05) is 6.54 Å². The fraction of sp³-hybridized carbons (Fsp3) is 0.750. The minimum Gasteiger partial charge on any atom is -0.388 e. The first-order valence-electron chi connectivity index (χ1n) is 9.64. The van der Waals surface area contributed by atoms with Crippen LogP contribution in [0.2, 0.25) is 0 Å². The second kappa shape index (κ2) is 8.01. The number of hydrogen-bond acceptors (Lipinski definition) is 3. The molecule has 2 aliphatic carbocycles. The van der Waals surface area contributed by atoms with Crippen molar-refractivity contribution in [2.24, 2.45) is 5.92 Å². The predicted octanol–water partition coefficient (Wildman–Crippen LogP) is 4.70. The van der Waals surface area contributed by atoms with Gasteiger partial charge < -0.3 is 10.4 Å². The number of carbonyl (C=O) groups is 1. The highest BCUT2D eigenvalue weighted by Crippen LogP contribution is 2.44. The highest BCUT2D eigenvalue weighted by atomic mass is 32.1. The molecule has 0 aromatic carbocycles. The summed E-state index contributed by atoms with van der Waals surface area (Å²) in [5.74, 6) is 0.835. The molecule has 134 valence electrons. The Morgan fingerprint density at radius 3 is 2.58 bits per heavy atom. The maximum Gasteiger partial charge on any atom is 0.220 e. The van der Waals surface area contributed by atoms with Crippen LogP contribution in [0.25, 0.3) is 0 Å². The molecule has 0 bridgehead atoms. The third kappa shape index (κ3) is 4.20. The molecular weight excluding hydrogens is 318 g/mol. The fourth-order valence-electron chi connectivity index (χ4n) is 4.42. The summed E-state index contributed by atoms with van der Waals surface area (Å²) in [5, 5.41) is 13.1. The third-order valence-corrected chi connectivity index (χ3v) is 7.45. The van der Waals surface area contributed by atoms with E-state index in [0.29, 0.717) is 12.3 Å². The van der Waals surface area contributed by atoms with Gasteiger partial charge in [-0.3, -0.25) is 4.79 Å². The topological polar surface area (TPSA) is 49.3 Å². The van der Waals surface area contributed by atoms with E-state index >= 15 is 0 Å². The van der Waals surface area contributed by atoms with Crippen molar-refractivity contribution in [3.63, 3.8) is 0 Å². The summed E-state index contributed by atoms with van der Waals surface area (Å²) in [6, 6.07) is 4.22. The van der Waals surface area contributed by atoms with Gasteiger partial charge in [0.15, 0.2) is 0 Å². The fourth-order valence-corrected chi connectivity index (χ4v) is 5.61. The molecule has 2 aliphatic rings. The molecular formula is C20H31NO2S. The van der Waals surface area contributed by atoms with Gasteiger partial charge in [-0.15, -0.1) is 11.3 Å². The molecule has 3 rings (SSSR count). The Bertz CT molecular complexity index is 540. The number of aliphatic hydroxyl groups is 1. The average molecular weight is 350 g/mol. The smallest absolute Gasteiger partial charge is 0.220 e. The van der Waals surface area contributed by atoms with Crippen LogP contribution in [0.1, 0.15) is 87.0 Å². The molecule has 0 aliphatic heterocycles. The maximum atomic E-state index is 12.4. The van der Waals surface area contributed by atoms with Crippen LogP contribution in [0.15, 0.2) is 12.1 Å². The van der Waals surface area contributed by atoms with E-state index in [9.17, 15) is 9.90 Å². The largest absolute Gasteiger partial charge is 0.388 e. The molecule has 1 atom stereocenters. The van der Waals surface area contributed by atoms with Gasteiger partial charge in [0.2, 0.25) is 5.91 Å². The lowest BCUT2D eigenvalue weighted by Crippen LogP contribution is -2.39. The Kier molecular flexibility index (Phi) is 5.98. The van der Waals surface area contributed by atoms with E-state index in [1.54, 1.807) is 11.3 Å². The molecule has 3 nitrogen and oxygen atoms in total. The first-order valence-corrected chi connectivity index (χ1v) is 10.5. The number of aliphatic hydroxyl groups excluding tert-OH is 1. The Morgan fingerprint density at radius 1 is 1.25 bits per heavy atom. The molecule has 1 heterocycles. The molecule has 2 saturated carbocycles. The Balaban J connectivity index is 1.59. The van der Waals surface area contributed by atoms with Crippen LogP contribution >= 0.6 is 11.3 Å². The Hall–Kier alpha value is -0.870. The van der Waals surface area contributed by atoms with Crippen molar-refractivity contribution in [3.05, 3.63) is 21.9 Å². The average Bonchev–Trinajstić information content (AvgIpc) is 3.24. The van der Waals surface area contributed by atoms with E-state index in [4.69, 9.17) is 0 Å². The summed E-state index contributed by atoms with van der Waals surface area (Å²) in [6.45, 7) is 2.58. The van der Waals surface area contributed by atoms with Crippen LogP contribution < -0.4 is 5.32 Å². The number of nitrogens with one attached hydrogen (secondary N) is 1. The molecule has 2 N–H and O–H groups in total. The standard InChI is InChI=1S/C20H31NO2S/c1-15(22)17-9-10-18(24-17)20(11-5-6-12-20)14-21-19(23)13-16-7-3-2-4-8-16/h9-10,15-16,22H,2-8,11-14H2,1H3,(H,21,23). The van der Waals surface area contributed by atoms with Crippen LogP contribution in [0, 0.1) is 5.92 Å². The lowest BCUT2D eigenvalue weighted by atomic mass is 9.84. The van der Waals surface area contributed by atoms with Crippen molar-refractivity contribution >= 4 is 17.2 Å². The lowest BCUT2D eigenvalue weighted by molar-refractivity contribution is -0.122. The van der Waals surface area contributed by atoms with E-state index in [0.717, 1.165) is 24.3 Å². The van der Waals surface area contributed by atoms with Gasteiger partial charge >= 0.3 is 0 Å². The quantitative estimate of drug-likeness (QED) is 0.782. The minimum atomic E-state index is -0.400. The van der Waals surface area contributed by atoms with E-state index in [1.807, 2.05) is 6.92 Å². The van der Waals surface area contributed by atoms with Crippen LogP contribution in [-0.4, -0.2) is 17.6 Å². The highest BCUT2D eigenvalue weighted by Gasteiger charge is 2.37. The van der Waals surface area contributed by atoms with Gasteiger partial charge in [-0.05, 0) is 50.7 Å². The van der Waals surface area contributed by atoms with E-state index in [2.05, 4.69) is 17.4 Å². The van der Waals surface area contributed by atoms with E-state index in [-0.39, 0.29) is 11.3 Å². The van der Waals surface area contributed by atoms with Crippen molar-refractivity contribution in [2.45, 2.75) is 82.7 Å². The molecule has 24 heavy (non-hydrogen) atoms. The van der Waals surface area contributed by atoms with Crippen LogP contribution in [0.5, 0.6) is 0 Å². The second-order valence-corrected chi connectivity index (χ2v) is 8.97. The van der Waals surface area contributed by atoms with Crippen LogP contribution in [-0.2, 0) is 10.2 Å². The summed E-state index contributed by atoms with van der Waals surface area (Å²) >= 11 is 1.72. The summed E-state index contributed by atoms with van der Waals surface area (Å²) in [6.07, 6.45) is 11.4. The van der Waals surface area contributed by atoms with Gasteiger partial charge in [0, 0.05) is 28.1 Å². The van der Waals surface area contributed by atoms with Gasteiger partial charge in [0.05, 0.1) is 6.10 Å². The molecule has 1 aromatic rings.